The zero-order chi connectivity index (χ0) is 9.42. The van der Waals surface area contributed by atoms with E-state index in [1.54, 1.807) is 0 Å². The van der Waals surface area contributed by atoms with Crippen molar-refractivity contribution in [1.29, 1.82) is 0 Å². The fraction of sp³-hybridized carbons (Fsp3) is 0.286. The molecule has 13 heavy (non-hydrogen) atoms. The number of fused-ring (bicyclic) bond motifs is 1. The van der Waals surface area contributed by atoms with E-state index in [9.17, 15) is 4.79 Å². The third kappa shape index (κ3) is 1.12. The zero-order valence-corrected chi connectivity index (χ0v) is 7.69. The predicted molar refractivity (Wildman–Crippen MR) is 47.9 cm³/mol. The van der Waals surface area contributed by atoms with Crippen molar-refractivity contribution < 1.29 is 0 Å². The first kappa shape index (κ1) is 8.25. The van der Waals surface area contributed by atoms with E-state index in [0.29, 0.717) is 12.1 Å². The van der Waals surface area contributed by atoms with E-state index in [-0.39, 0.29) is 10.8 Å². The van der Waals surface area contributed by atoms with E-state index < -0.39 is 0 Å². The summed E-state index contributed by atoms with van der Waals surface area (Å²) in [5.41, 5.74) is 0.270. The number of nitrogens with zero attached hydrogens (tertiary/aromatic N) is 4. The van der Waals surface area contributed by atoms with Crippen LogP contribution in [-0.2, 0) is 6.54 Å². The Morgan fingerprint density at radius 1 is 1.62 bits per heavy atom. The van der Waals surface area contributed by atoms with Crippen molar-refractivity contribution in [2.24, 2.45) is 0 Å². The molecular formula is C7H7ClN4O. The summed E-state index contributed by atoms with van der Waals surface area (Å²) >= 11 is 5.77. The molecule has 68 valence electrons. The zero-order valence-electron chi connectivity index (χ0n) is 6.94. The highest BCUT2D eigenvalue weighted by Crippen LogP contribution is 2.02. The first-order chi connectivity index (χ1) is 6.24. The van der Waals surface area contributed by atoms with Crippen molar-refractivity contribution in [2.75, 3.05) is 0 Å². The summed E-state index contributed by atoms with van der Waals surface area (Å²) < 4.78 is 2.76. The second kappa shape index (κ2) is 2.85. The first-order valence-electron chi connectivity index (χ1n) is 3.82. The lowest BCUT2D eigenvalue weighted by Gasteiger charge is -2.03. The van der Waals surface area contributed by atoms with Gasteiger partial charge in [0, 0.05) is 6.54 Å². The molecule has 0 aliphatic rings. The van der Waals surface area contributed by atoms with Gasteiger partial charge in [0.15, 0.2) is 5.52 Å². The topological polar surface area (TPSA) is 52.2 Å². The maximum atomic E-state index is 11.6. The van der Waals surface area contributed by atoms with E-state index >= 15 is 0 Å². The van der Waals surface area contributed by atoms with Gasteiger partial charge in [-0.15, -0.1) is 5.10 Å². The number of rotatable bonds is 1. The molecule has 2 aromatic rings. The van der Waals surface area contributed by atoms with Crippen LogP contribution in [0.2, 0.25) is 5.28 Å². The third-order valence-corrected chi connectivity index (χ3v) is 2.09. The summed E-state index contributed by atoms with van der Waals surface area (Å²) in [6, 6.07) is 0. The number of hydrogen-bond acceptors (Lipinski definition) is 3. The van der Waals surface area contributed by atoms with E-state index in [4.69, 9.17) is 11.6 Å². The van der Waals surface area contributed by atoms with Gasteiger partial charge in [0.1, 0.15) is 6.33 Å². The molecule has 0 fully saturated rings. The Hall–Kier alpha value is -1.36. The van der Waals surface area contributed by atoms with Gasteiger partial charge in [-0.05, 0) is 18.5 Å². The van der Waals surface area contributed by atoms with E-state index in [0.717, 1.165) is 0 Å². The molecular weight excluding hydrogens is 192 g/mol. The molecule has 0 bridgehead atoms. The van der Waals surface area contributed by atoms with Crippen LogP contribution in [0.5, 0.6) is 0 Å². The van der Waals surface area contributed by atoms with Gasteiger partial charge in [-0.2, -0.15) is 0 Å². The molecule has 0 saturated carbocycles. The van der Waals surface area contributed by atoms with Crippen LogP contribution >= 0.6 is 11.6 Å². The minimum absolute atomic E-state index is 0.167. The Morgan fingerprint density at radius 3 is 3.08 bits per heavy atom. The fourth-order valence-corrected chi connectivity index (χ4v) is 1.44. The molecule has 6 heteroatoms. The van der Waals surface area contributed by atoms with Gasteiger partial charge in [-0.1, -0.05) is 0 Å². The summed E-state index contributed by atoms with van der Waals surface area (Å²) in [4.78, 5) is 15.4. The molecule has 0 aliphatic heterocycles. The lowest BCUT2D eigenvalue weighted by atomic mass is 10.5. The summed E-state index contributed by atoms with van der Waals surface area (Å²) in [7, 11) is 0. The van der Waals surface area contributed by atoms with Crippen LogP contribution in [0.25, 0.3) is 5.52 Å². The Morgan fingerprint density at radius 2 is 2.38 bits per heavy atom. The molecule has 0 unspecified atom stereocenters. The van der Waals surface area contributed by atoms with Crippen molar-refractivity contribution in [2.45, 2.75) is 13.5 Å². The predicted octanol–water partition coefficient (Wildman–Crippen LogP) is 0.564. The molecule has 2 rings (SSSR count). The lowest BCUT2D eigenvalue weighted by Crippen LogP contribution is -2.23. The molecule has 0 amide bonds. The van der Waals surface area contributed by atoms with Gasteiger partial charge >= 0.3 is 0 Å². The highest BCUT2D eigenvalue weighted by molar-refractivity contribution is 6.28. The lowest BCUT2D eigenvalue weighted by molar-refractivity contribution is 0.681. The van der Waals surface area contributed by atoms with Gasteiger partial charge in [0.25, 0.3) is 5.56 Å². The minimum Gasteiger partial charge on any atom is -0.280 e. The molecule has 0 saturated heterocycles. The van der Waals surface area contributed by atoms with Gasteiger partial charge in [0.2, 0.25) is 5.28 Å². The van der Waals surface area contributed by atoms with Crippen LogP contribution in [0.1, 0.15) is 6.92 Å². The average molecular weight is 199 g/mol. The van der Waals surface area contributed by atoms with Crippen LogP contribution < -0.4 is 5.56 Å². The van der Waals surface area contributed by atoms with Crippen molar-refractivity contribution in [1.82, 2.24) is 19.2 Å². The Labute approximate surface area is 78.6 Å². The standard InChI is InChI=1S/C7H7ClN4O/c1-2-11-6(13)5-3-9-4-12(5)10-7(11)8/h3-4H,2H2,1H3. The molecule has 0 radical (unpaired) electrons. The maximum Gasteiger partial charge on any atom is 0.280 e. The van der Waals surface area contributed by atoms with E-state index in [2.05, 4.69) is 10.1 Å². The smallest absolute Gasteiger partial charge is 0.280 e. The quantitative estimate of drug-likeness (QED) is 0.673. The van der Waals surface area contributed by atoms with Crippen LogP contribution in [0.4, 0.5) is 0 Å². The highest BCUT2D eigenvalue weighted by Gasteiger charge is 2.07. The number of hydrogen-bond donors (Lipinski definition) is 0. The second-order valence-corrected chi connectivity index (χ2v) is 2.88. The monoisotopic (exact) mass is 198 g/mol. The number of imidazole rings is 1. The third-order valence-electron chi connectivity index (χ3n) is 1.81. The normalized spacial score (nSPS) is 10.9. The number of halogens is 1. The second-order valence-electron chi connectivity index (χ2n) is 2.54. The molecule has 5 nitrogen and oxygen atoms in total. The number of aromatic nitrogens is 4. The van der Waals surface area contributed by atoms with E-state index in [1.165, 1.54) is 21.6 Å². The molecule has 0 N–H and O–H groups in total. The molecule has 2 heterocycles. The van der Waals surface area contributed by atoms with Gasteiger partial charge in [0.05, 0.1) is 6.20 Å². The largest absolute Gasteiger partial charge is 0.280 e. The summed E-state index contributed by atoms with van der Waals surface area (Å²) in [6.07, 6.45) is 2.92. The van der Waals surface area contributed by atoms with Gasteiger partial charge < -0.3 is 0 Å². The Bertz CT molecular complexity index is 501. The fourth-order valence-electron chi connectivity index (χ4n) is 1.16. The van der Waals surface area contributed by atoms with Gasteiger partial charge in [-0.3, -0.25) is 9.36 Å². The first-order valence-corrected chi connectivity index (χ1v) is 4.20. The van der Waals surface area contributed by atoms with Crippen LogP contribution in [0, 0.1) is 0 Å². The Balaban J connectivity index is 2.93. The molecule has 2 aromatic heterocycles. The average Bonchev–Trinajstić information content (AvgIpc) is 2.53. The van der Waals surface area contributed by atoms with Crippen molar-refractivity contribution in [3.8, 4) is 0 Å². The van der Waals surface area contributed by atoms with E-state index in [1.807, 2.05) is 6.92 Å². The SMILES string of the molecule is CCn1c(Cl)nn2cncc2c1=O. The summed E-state index contributed by atoms with van der Waals surface area (Å²) in [5, 5.41) is 4.13. The highest BCUT2D eigenvalue weighted by atomic mass is 35.5. The van der Waals surface area contributed by atoms with Crippen LogP contribution in [0.15, 0.2) is 17.3 Å². The molecule has 0 aliphatic carbocycles. The van der Waals surface area contributed by atoms with Crippen molar-refractivity contribution in [3.05, 3.63) is 28.2 Å². The summed E-state index contributed by atoms with van der Waals surface area (Å²) in [5.74, 6) is 0. The molecule has 0 aromatic carbocycles. The minimum atomic E-state index is -0.167. The van der Waals surface area contributed by atoms with Crippen molar-refractivity contribution in [3.63, 3.8) is 0 Å². The Kier molecular flexibility index (Phi) is 1.81. The maximum absolute atomic E-state index is 11.6. The summed E-state index contributed by atoms with van der Waals surface area (Å²) in [6.45, 7) is 2.34. The van der Waals surface area contributed by atoms with Crippen LogP contribution in [0.3, 0.4) is 0 Å². The van der Waals surface area contributed by atoms with Gasteiger partial charge in [-0.25, -0.2) is 9.50 Å². The molecule has 0 spiro atoms. The van der Waals surface area contributed by atoms with Crippen LogP contribution in [-0.4, -0.2) is 19.2 Å². The molecule has 0 atom stereocenters. The van der Waals surface area contributed by atoms with Crippen molar-refractivity contribution >= 4 is 17.1 Å².